The molecule has 4 heteroatoms. The van der Waals surface area contributed by atoms with Crippen molar-refractivity contribution in [3.05, 3.63) is 18.0 Å². The SMILES string of the molecule is CC(C)Cc1ccnc(N2CCCC2CN)n1. The van der Waals surface area contributed by atoms with Crippen LogP contribution in [0.5, 0.6) is 0 Å². The zero-order chi connectivity index (χ0) is 12.3. The Hall–Kier alpha value is -1.16. The highest BCUT2D eigenvalue weighted by Crippen LogP contribution is 2.21. The van der Waals surface area contributed by atoms with Crippen molar-refractivity contribution in [2.75, 3.05) is 18.0 Å². The number of aromatic nitrogens is 2. The number of rotatable bonds is 4. The lowest BCUT2D eigenvalue weighted by Gasteiger charge is -2.23. The first-order chi connectivity index (χ1) is 8.20. The summed E-state index contributed by atoms with van der Waals surface area (Å²) in [5, 5.41) is 0. The molecule has 0 radical (unpaired) electrons. The Labute approximate surface area is 103 Å². The lowest BCUT2D eigenvalue weighted by molar-refractivity contribution is 0.626. The highest BCUT2D eigenvalue weighted by atomic mass is 15.3. The van der Waals surface area contributed by atoms with Gasteiger partial charge in [0.1, 0.15) is 0 Å². The minimum atomic E-state index is 0.421. The summed E-state index contributed by atoms with van der Waals surface area (Å²) in [5.41, 5.74) is 6.92. The van der Waals surface area contributed by atoms with E-state index in [1.54, 1.807) is 0 Å². The van der Waals surface area contributed by atoms with Crippen LogP contribution in [0.15, 0.2) is 12.3 Å². The van der Waals surface area contributed by atoms with Crippen LogP contribution in [-0.4, -0.2) is 29.1 Å². The average Bonchev–Trinajstić information content (AvgIpc) is 2.76. The summed E-state index contributed by atoms with van der Waals surface area (Å²) >= 11 is 0. The summed E-state index contributed by atoms with van der Waals surface area (Å²) in [7, 11) is 0. The van der Waals surface area contributed by atoms with Gasteiger partial charge in [0.15, 0.2) is 0 Å². The van der Waals surface area contributed by atoms with Crippen molar-refractivity contribution in [2.45, 2.75) is 39.2 Å². The minimum absolute atomic E-state index is 0.421. The minimum Gasteiger partial charge on any atom is -0.337 e. The first-order valence-corrected chi connectivity index (χ1v) is 6.49. The molecule has 0 bridgehead atoms. The molecule has 4 nitrogen and oxygen atoms in total. The van der Waals surface area contributed by atoms with Crippen LogP contribution < -0.4 is 10.6 Å². The Morgan fingerprint density at radius 3 is 3.06 bits per heavy atom. The van der Waals surface area contributed by atoms with Crippen molar-refractivity contribution in [2.24, 2.45) is 11.7 Å². The molecule has 1 fully saturated rings. The third kappa shape index (κ3) is 2.94. The second-order valence-electron chi connectivity index (χ2n) is 5.17. The van der Waals surface area contributed by atoms with Gasteiger partial charge in [-0.15, -0.1) is 0 Å². The van der Waals surface area contributed by atoms with Gasteiger partial charge in [-0.3, -0.25) is 0 Å². The Morgan fingerprint density at radius 1 is 1.53 bits per heavy atom. The molecule has 2 heterocycles. The molecular formula is C13H22N4. The van der Waals surface area contributed by atoms with E-state index in [0.29, 0.717) is 18.5 Å². The van der Waals surface area contributed by atoms with Crippen LogP contribution in [0.25, 0.3) is 0 Å². The molecule has 1 unspecified atom stereocenters. The standard InChI is InChI=1S/C13H22N4/c1-10(2)8-11-5-6-15-13(16-11)17-7-3-4-12(17)9-14/h5-6,10,12H,3-4,7-9,14H2,1-2H3. The first kappa shape index (κ1) is 12.3. The predicted octanol–water partition coefficient (Wildman–Crippen LogP) is 1.60. The number of nitrogens with zero attached hydrogens (tertiary/aromatic N) is 3. The molecule has 17 heavy (non-hydrogen) atoms. The molecule has 94 valence electrons. The van der Waals surface area contributed by atoms with Crippen LogP contribution in [0.2, 0.25) is 0 Å². The van der Waals surface area contributed by atoms with Gasteiger partial charge in [0.05, 0.1) is 0 Å². The van der Waals surface area contributed by atoms with Crippen molar-refractivity contribution < 1.29 is 0 Å². The molecule has 1 atom stereocenters. The van der Waals surface area contributed by atoms with Crippen LogP contribution in [0.1, 0.15) is 32.4 Å². The van der Waals surface area contributed by atoms with Crippen molar-refractivity contribution in [3.8, 4) is 0 Å². The van der Waals surface area contributed by atoms with E-state index < -0.39 is 0 Å². The zero-order valence-electron chi connectivity index (χ0n) is 10.8. The van der Waals surface area contributed by atoms with Gasteiger partial charge in [-0.1, -0.05) is 13.8 Å². The van der Waals surface area contributed by atoms with E-state index >= 15 is 0 Å². The van der Waals surface area contributed by atoms with Gasteiger partial charge in [0.2, 0.25) is 5.95 Å². The second-order valence-corrected chi connectivity index (χ2v) is 5.17. The summed E-state index contributed by atoms with van der Waals surface area (Å²) in [4.78, 5) is 11.3. The highest BCUT2D eigenvalue weighted by molar-refractivity contribution is 5.34. The van der Waals surface area contributed by atoms with E-state index in [0.717, 1.165) is 31.0 Å². The van der Waals surface area contributed by atoms with E-state index in [4.69, 9.17) is 5.73 Å². The molecule has 0 amide bonds. The molecule has 0 spiro atoms. The lowest BCUT2D eigenvalue weighted by Crippen LogP contribution is -2.36. The maximum atomic E-state index is 5.78. The fourth-order valence-corrected chi connectivity index (χ4v) is 2.40. The fourth-order valence-electron chi connectivity index (χ4n) is 2.40. The molecule has 0 aliphatic carbocycles. The van der Waals surface area contributed by atoms with E-state index in [-0.39, 0.29) is 0 Å². The molecular weight excluding hydrogens is 212 g/mol. The van der Waals surface area contributed by atoms with Crippen molar-refractivity contribution in [3.63, 3.8) is 0 Å². The summed E-state index contributed by atoms with van der Waals surface area (Å²) in [6.45, 7) is 6.14. The smallest absolute Gasteiger partial charge is 0.225 e. The maximum Gasteiger partial charge on any atom is 0.225 e. The van der Waals surface area contributed by atoms with E-state index in [1.165, 1.54) is 6.42 Å². The number of hydrogen-bond acceptors (Lipinski definition) is 4. The molecule has 1 aromatic rings. The Kier molecular flexibility index (Phi) is 3.94. The topological polar surface area (TPSA) is 55.0 Å². The van der Waals surface area contributed by atoms with Crippen molar-refractivity contribution in [1.82, 2.24) is 9.97 Å². The van der Waals surface area contributed by atoms with Gasteiger partial charge < -0.3 is 10.6 Å². The largest absolute Gasteiger partial charge is 0.337 e. The van der Waals surface area contributed by atoms with Gasteiger partial charge in [-0.2, -0.15) is 0 Å². The third-order valence-electron chi connectivity index (χ3n) is 3.22. The highest BCUT2D eigenvalue weighted by Gasteiger charge is 2.25. The number of hydrogen-bond donors (Lipinski definition) is 1. The van der Waals surface area contributed by atoms with E-state index in [1.807, 2.05) is 12.3 Å². The van der Waals surface area contributed by atoms with Crippen molar-refractivity contribution >= 4 is 5.95 Å². The first-order valence-electron chi connectivity index (χ1n) is 6.49. The summed E-state index contributed by atoms with van der Waals surface area (Å²) < 4.78 is 0. The summed E-state index contributed by atoms with van der Waals surface area (Å²) in [5.74, 6) is 1.48. The monoisotopic (exact) mass is 234 g/mol. The van der Waals surface area contributed by atoms with Gasteiger partial charge in [0.25, 0.3) is 0 Å². The van der Waals surface area contributed by atoms with Crippen LogP contribution in [0.3, 0.4) is 0 Å². The summed E-state index contributed by atoms with van der Waals surface area (Å²) in [6.07, 6.45) is 5.23. The summed E-state index contributed by atoms with van der Waals surface area (Å²) in [6, 6.07) is 2.43. The predicted molar refractivity (Wildman–Crippen MR) is 70.0 cm³/mol. The fraction of sp³-hybridized carbons (Fsp3) is 0.692. The van der Waals surface area contributed by atoms with Crippen molar-refractivity contribution in [1.29, 1.82) is 0 Å². The van der Waals surface area contributed by atoms with Crippen LogP contribution in [0.4, 0.5) is 5.95 Å². The van der Waals surface area contributed by atoms with Crippen LogP contribution >= 0.6 is 0 Å². The molecule has 1 aliphatic heterocycles. The lowest BCUT2D eigenvalue weighted by atomic mass is 10.1. The van der Waals surface area contributed by atoms with E-state index in [2.05, 4.69) is 28.7 Å². The van der Waals surface area contributed by atoms with Gasteiger partial charge in [0, 0.05) is 31.0 Å². The number of anilines is 1. The molecule has 1 aliphatic rings. The van der Waals surface area contributed by atoms with Gasteiger partial charge >= 0.3 is 0 Å². The number of nitrogens with two attached hydrogens (primary N) is 1. The average molecular weight is 234 g/mol. The Morgan fingerprint density at radius 2 is 2.35 bits per heavy atom. The van der Waals surface area contributed by atoms with Gasteiger partial charge in [-0.05, 0) is 31.2 Å². The second kappa shape index (κ2) is 5.45. The third-order valence-corrected chi connectivity index (χ3v) is 3.22. The molecule has 1 aromatic heterocycles. The molecule has 0 aromatic carbocycles. The normalized spacial score (nSPS) is 20.2. The maximum absolute atomic E-state index is 5.78. The van der Waals surface area contributed by atoms with E-state index in [9.17, 15) is 0 Å². The van der Waals surface area contributed by atoms with Gasteiger partial charge in [-0.25, -0.2) is 9.97 Å². The molecule has 2 N–H and O–H groups in total. The quantitative estimate of drug-likeness (QED) is 0.860. The molecule has 2 rings (SSSR count). The zero-order valence-corrected chi connectivity index (χ0v) is 10.8. The Bertz CT molecular complexity index is 364. The Balaban J connectivity index is 2.15. The van der Waals surface area contributed by atoms with Crippen LogP contribution in [0, 0.1) is 5.92 Å². The van der Waals surface area contributed by atoms with Crippen LogP contribution in [-0.2, 0) is 6.42 Å². The molecule has 0 saturated carbocycles. The molecule has 1 saturated heterocycles.